The van der Waals surface area contributed by atoms with Gasteiger partial charge in [0.15, 0.2) is 0 Å². The number of thiophene rings is 1. The molecule has 0 atom stereocenters. The fourth-order valence-corrected chi connectivity index (χ4v) is 1.80. The van der Waals surface area contributed by atoms with Crippen molar-refractivity contribution in [1.29, 1.82) is 0 Å². The normalized spacial score (nSPS) is 9.75. The molecule has 0 aliphatic carbocycles. The van der Waals surface area contributed by atoms with Crippen molar-refractivity contribution in [1.82, 2.24) is 10.3 Å². The minimum absolute atomic E-state index is 0.195. The third-order valence-corrected chi connectivity index (χ3v) is 2.75. The second-order valence-corrected chi connectivity index (χ2v) is 4.09. The third-order valence-electron chi connectivity index (χ3n) is 1.96. The van der Waals surface area contributed by atoms with Gasteiger partial charge in [0.25, 0.3) is 0 Å². The summed E-state index contributed by atoms with van der Waals surface area (Å²) in [6, 6.07) is 7.29. The van der Waals surface area contributed by atoms with Crippen LogP contribution in [0.3, 0.4) is 0 Å². The molecule has 82 valence electrons. The molecule has 0 spiro atoms. The van der Waals surface area contributed by atoms with E-state index in [4.69, 9.17) is 0 Å². The molecule has 0 bridgehead atoms. The SMILES string of the molecule is O=C(NCc1ccncc1)Nc1cccs1. The second kappa shape index (κ2) is 5.27. The van der Waals surface area contributed by atoms with E-state index < -0.39 is 0 Å². The van der Waals surface area contributed by atoms with Crippen LogP contribution in [0.2, 0.25) is 0 Å². The van der Waals surface area contributed by atoms with Gasteiger partial charge in [0.2, 0.25) is 0 Å². The van der Waals surface area contributed by atoms with Crippen molar-refractivity contribution in [2.75, 3.05) is 5.32 Å². The molecule has 0 aromatic carbocycles. The van der Waals surface area contributed by atoms with Gasteiger partial charge in [-0.2, -0.15) is 0 Å². The van der Waals surface area contributed by atoms with Crippen molar-refractivity contribution in [3.05, 3.63) is 47.6 Å². The van der Waals surface area contributed by atoms with E-state index in [1.54, 1.807) is 12.4 Å². The minimum atomic E-state index is -0.195. The monoisotopic (exact) mass is 233 g/mol. The largest absolute Gasteiger partial charge is 0.334 e. The molecule has 0 aliphatic rings. The Labute approximate surface area is 97.3 Å². The summed E-state index contributed by atoms with van der Waals surface area (Å²) in [6.45, 7) is 0.500. The molecule has 5 heteroatoms. The van der Waals surface area contributed by atoms with Crippen LogP contribution >= 0.6 is 11.3 Å². The highest BCUT2D eigenvalue weighted by Gasteiger charge is 2.01. The lowest BCUT2D eigenvalue weighted by Gasteiger charge is -2.05. The number of nitrogens with one attached hydrogen (secondary N) is 2. The van der Waals surface area contributed by atoms with Crippen LogP contribution in [-0.4, -0.2) is 11.0 Å². The van der Waals surface area contributed by atoms with Crippen molar-refractivity contribution in [3.8, 4) is 0 Å². The summed E-state index contributed by atoms with van der Waals surface area (Å²) in [4.78, 5) is 15.4. The van der Waals surface area contributed by atoms with Crippen molar-refractivity contribution < 1.29 is 4.79 Å². The number of amides is 2. The van der Waals surface area contributed by atoms with Gasteiger partial charge in [-0.05, 0) is 35.2 Å². The van der Waals surface area contributed by atoms with Gasteiger partial charge < -0.3 is 5.32 Å². The summed E-state index contributed by atoms with van der Waals surface area (Å²) in [5, 5.41) is 8.27. The number of carbonyl (C=O) groups is 1. The van der Waals surface area contributed by atoms with Gasteiger partial charge in [-0.3, -0.25) is 10.3 Å². The van der Waals surface area contributed by atoms with E-state index in [9.17, 15) is 4.79 Å². The number of nitrogens with zero attached hydrogens (tertiary/aromatic N) is 1. The standard InChI is InChI=1S/C11H11N3OS/c15-11(14-10-2-1-7-16-10)13-8-9-3-5-12-6-4-9/h1-7H,8H2,(H2,13,14,15). The van der Waals surface area contributed by atoms with Crippen LogP contribution in [0.1, 0.15) is 5.56 Å². The molecule has 2 aromatic rings. The Hall–Kier alpha value is -1.88. The van der Waals surface area contributed by atoms with Gasteiger partial charge in [0, 0.05) is 18.9 Å². The zero-order chi connectivity index (χ0) is 11.2. The van der Waals surface area contributed by atoms with Crippen LogP contribution in [0.5, 0.6) is 0 Å². The molecule has 0 unspecified atom stereocenters. The van der Waals surface area contributed by atoms with E-state index in [1.165, 1.54) is 11.3 Å². The van der Waals surface area contributed by atoms with Crippen molar-refractivity contribution in [2.24, 2.45) is 0 Å². The number of hydrogen-bond donors (Lipinski definition) is 2. The molecule has 0 fully saturated rings. The number of pyridine rings is 1. The summed E-state index contributed by atoms with van der Waals surface area (Å²) in [5.74, 6) is 0. The Morgan fingerprint density at radius 1 is 1.31 bits per heavy atom. The Kier molecular flexibility index (Phi) is 3.50. The minimum Gasteiger partial charge on any atom is -0.334 e. The second-order valence-electron chi connectivity index (χ2n) is 3.14. The summed E-state index contributed by atoms with van der Waals surface area (Å²) in [7, 11) is 0. The highest BCUT2D eigenvalue weighted by molar-refractivity contribution is 7.14. The lowest BCUT2D eigenvalue weighted by molar-refractivity contribution is 0.252. The van der Waals surface area contributed by atoms with E-state index in [2.05, 4.69) is 15.6 Å². The molecule has 0 saturated carbocycles. The lowest BCUT2D eigenvalue weighted by Crippen LogP contribution is -2.27. The predicted molar refractivity (Wildman–Crippen MR) is 64.4 cm³/mol. The zero-order valence-electron chi connectivity index (χ0n) is 8.51. The molecule has 0 saturated heterocycles. The lowest BCUT2D eigenvalue weighted by atomic mass is 10.3. The zero-order valence-corrected chi connectivity index (χ0v) is 9.33. The maximum atomic E-state index is 11.5. The molecule has 2 N–H and O–H groups in total. The Bertz CT molecular complexity index is 442. The van der Waals surface area contributed by atoms with Crippen LogP contribution in [0.4, 0.5) is 9.80 Å². The molecular weight excluding hydrogens is 222 g/mol. The molecule has 2 amide bonds. The van der Waals surface area contributed by atoms with E-state index in [0.29, 0.717) is 6.54 Å². The first kappa shape index (κ1) is 10.6. The Morgan fingerprint density at radius 3 is 2.81 bits per heavy atom. The van der Waals surface area contributed by atoms with Crippen molar-refractivity contribution in [2.45, 2.75) is 6.54 Å². The van der Waals surface area contributed by atoms with Gasteiger partial charge in [-0.25, -0.2) is 4.79 Å². The maximum absolute atomic E-state index is 11.5. The average Bonchev–Trinajstić information content (AvgIpc) is 2.81. The Morgan fingerprint density at radius 2 is 2.12 bits per heavy atom. The average molecular weight is 233 g/mol. The van der Waals surface area contributed by atoms with E-state index in [1.807, 2.05) is 29.6 Å². The van der Waals surface area contributed by atoms with Gasteiger partial charge in [-0.1, -0.05) is 0 Å². The number of urea groups is 1. The summed E-state index contributed by atoms with van der Waals surface area (Å²) < 4.78 is 0. The molecular formula is C11H11N3OS. The van der Waals surface area contributed by atoms with Crippen LogP contribution in [-0.2, 0) is 6.54 Å². The highest BCUT2D eigenvalue weighted by atomic mass is 32.1. The van der Waals surface area contributed by atoms with Crippen LogP contribution < -0.4 is 10.6 Å². The van der Waals surface area contributed by atoms with E-state index in [-0.39, 0.29) is 6.03 Å². The van der Waals surface area contributed by atoms with Gasteiger partial charge in [0.05, 0.1) is 5.00 Å². The summed E-state index contributed by atoms with van der Waals surface area (Å²) >= 11 is 1.49. The van der Waals surface area contributed by atoms with Crippen LogP contribution in [0.25, 0.3) is 0 Å². The molecule has 4 nitrogen and oxygen atoms in total. The number of aromatic nitrogens is 1. The molecule has 16 heavy (non-hydrogen) atoms. The van der Waals surface area contributed by atoms with Gasteiger partial charge in [0.1, 0.15) is 0 Å². The first-order valence-electron chi connectivity index (χ1n) is 4.82. The third kappa shape index (κ3) is 3.06. The fraction of sp³-hybridized carbons (Fsp3) is 0.0909. The number of anilines is 1. The van der Waals surface area contributed by atoms with E-state index in [0.717, 1.165) is 10.6 Å². The van der Waals surface area contributed by atoms with Crippen LogP contribution in [0, 0.1) is 0 Å². The van der Waals surface area contributed by atoms with Gasteiger partial charge in [-0.15, -0.1) is 11.3 Å². The van der Waals surface area contributed by atoms with Crippen molar-refractivity contribution >= 4 is 22.4 Å². The maximum Gasteiger partial charge on any atom is 0.320 e. The molecule has 2 aromatic heterocycles. The fourth-order valence-electron chi connectivity index (χ4n) is 1.19. The van der Waals surface area contributed by atoms with Crippen molar-refractivity contribution in [3.63, 3.8) is 0 Å². The molecule has 0 radical (unpaired) electrons. The Balaban J connectivity index is 1.80. The molecule has 2 heterocycles. The molecule has 2 rings (SSSR count). The first-order chi connectivity index (χ1) is 7.84. The highest BCUT2D eigenvalue weighted by Crippen LogP contribution is 2.14. The van der Waals surface area contributed by atoms with Gasteiger partial charge >= 0.3 is 6.03 Å². The molecule has 0 aliphatic heterocycles. The topological polar surface area (TPSA) is 54.0 Å². The first-order valence-corrected chi connectivity index (χ1v) is 5.70. The quantitative estimate of drug-likeness (QED) is 0.855. The summed E-state index contributed by atoms with van der Waals surface area (Å²) in [5.41, 5.74) is 1.02. The van der Waals surface area contributed by atoms with E-state index >= 15 is 0 Å². The summed E-state index contributed by atoms with van der Waals surface area (Å²) in [6.07, 6.45) is 3.41. The number of hydrogen-bond acceptors (Lipinski definition) is 3. The van der Waals surface area contributed by atoms with Crippen LogP contribution in [0.15, 0.2) is 42.0 Å². The number of carbonyl (C=O) groups excluding carboxylic acids is 1. The smallest absolute Gasteiger partial charge is 0.320 e. The predicted octanol–water partition coefficient (Wildman–Crippen LogP) is 2.46. The number of rotatable bonds is 3.